The predicted octanol–water partition coefficient (Wildman–Crippen LogP) is 5.67. The first-order valence-electron chi connectivity index (χ1n) is 8.86. The molecule has 1 rings (SSSR count). The molecule has 1 aromatic rings. The molecule has 0 bridgehead atoms. The van der Waals surface area contributed by atoms with Gasteiger partial charge in [0.2, 0.25) is 0 Å². The molecule has 0 radical (unpaired) electrons. The van der Waals surface area contributed by atoms with Crippen LogP contribution in [0.4, 0.5) is 0 Å². The summed E-state index contributed by atoms with van der Waals surface area (Å²) in [6.07, 6.45) is 14.6. The van der Waals surface area contributed by atoms with Crippen LogP contribution in [0.3, 0.4) is 0 Å². The Morgan fingerprint density at radius 2 is 1.72 bits per heavy atom. The highest BCUT2D eigenvalue weighted by molar-refractivity contribution is 5.59. The third kappa shape index (κ3) is 11.7. The van der Waals surface area contributed by atoms with Gasteiger partial charge in [0.1, 0.15) is 0 Å². The number of nitrogens with one attached hydrogen (secondary N) is 1. The van der Waals surface area contributed by atoms with Gasteiger partial charge in [-0.3, -0.25) is 15.0 Å². The van der Waals surface area contributed by atoms with Crippen LogP contribution in [0.25, 0.3) is 12.2 Å². The Morgan fingerprint density at radius 3 is 2.24 bits per heavy atom. The molecule has 4 heteroatoms. The van der Waals surface area contributed by atoms with Crippen LogP contribution >= 0.6 is 0 Å². The van der Waals surface area contributed by atoms with E-state index in [1.54, 1.807) is 30.9 Å². The number of allylic oxidation sites excluding steroid dienone is 2. The Kier molecular flexibility index (Phi) is 17.7. The average molecular weight is 343 g/mol. The van der Waals surface area contributed by atoms with E-state index in [-0.39, 0.29) is 0 Å². The first kappa shape index (κ1) is 24.8. The van der Waals surface area contributed by atoms with Gasteiger partial charge in [0, 0.05) is 31.4 Å². The van der Waals surface area contributed by atoms with E-state index in [1.807, 2.05) is 66.7 Å². The first-order chi connectivity index (χ1) is 12.2. The van der Waals surface area contributed by atoms with Crippen LogP contribution in [-0.2, 0) is 0 Å². The molecule has 0 saturated heterocycles. The first-order valence-corrected chi connectivity index (χ1v) is 8.86. The quantitative estimate of drug-likeness (QED) is 0.513. The van der Waals surface area contributed by atoms with E-state index in [0.29, 0.717) is 6.54 Å². The fourth-order valence-electron chi connectivity index (χ4n) is 1.64. The Hall–Kier alpha value is -2.49. The summed E-state index contributed by atoms with van der Waals surface area (Å²) < 4.78 is 0. The van der Waals surface area contributed by atoms with Crippen molar-refractivity contribution < 1.29 is 0 Å². The topological polar surface area (TPSA) is 50.2 Å². The molecule has 1 heterocycles. The zero-order valence-corrected chi connectivity index (χ0v) is 16.9. The van der Waals surface area contributed by atoms with Crippen LogP contribution in [0.2, 0.25) is 0 Å². The van der Waals surface area contributed by atoms with Gasteiger partial charge in [0.05, 0.1) is 17.1 Å². The van der Waals surface area contributed by atoms with Gasteiger partial charge in [-0.05, 0) is 39.0 Å². The molecule has 0 fully saturated rings. The molecule has 0 aliphatic heterocycles. The second kappa shape index (κ2) is 17.9. The van der Waals surface area contributed by atoms with Crippen molar-refractivity contribution in [2.75, 3.05) is 6.54 Å². The zero-order valence-electron chi connectivity index (χ0n) is 16.9. The summed E-state index contributed by atoms with van der Waals surface area (Å²) in [5.74, 6) is 0. The Morgan fingerprint density at radius 1 is 1.12 bits per heavy atom. The molecule has 0 saturated carbocycles. The molecule has 4 nitrogen and oxygen atoms in total. The van der Waals surface area contributed by atoms with Gasteiger partial charge in [-0.25, -0.2) is 0 Å². The molecule has 0 atom stereocenters. The lowest BCUT2D eigenvalue weighted by Crippen LogP contribution is -2.14. The number of rotatable bonds is 7. The monoisotopic (exact) mass is 342 g/mol. The number of nitrogens with zero attached hydrogens (tertiary/aromatic N) is 3. The van der Waals surface area contributed by atoms with Crippen molar-refractivity contribution in [1.82, 2.24) is 15.3 Å². The van der Waals surface area contributed by atoms with Crippen molar-refractivity contribution in [3.8, 4) is 0 Å². The lowest BCUT2D eigenvalue weighted by molar-refractivity contribution is 0.894. The minimum absolute atomic E-state index is 0.711. The van der Waals surface area contributed by atoms with Gasteiger partial charge in [-0.15, -0.1) is 0 Å². The highest BCUT2D eigenvalue weighted by Gasteiger charge is 1.99. The van der Waals surface area contributed by atoms with E-state index in [1.165, 1.54) is 0 Å². The molecular formula is C21H34N4. The van der Waals surface area contributed by atoms with Crippen molar-refractivity contribution in [3.05, 3.63) is 60.0 Å². The molecule has 0 aliphatic rings. The summed E-state index contributed by atoms with van der Waals surface area (Å²) in [5, 5.41) is 3.33. The van der Waals surface area contributed by atoms with Crippen molar-refractivity contribution in [2.24, 2.45) is 4.99 Å². The van der Waals surface area contributed by atoms with Crippen LogP contribution in [0.1, 0.15) is 59.9 Å². The maximum atomic E-state index is 4.31. The lowest BCUT2D eigenvalue weighted by Gasteiger charge is -2.07. The Labute approximate surface area is 154 Å². The molecule has 25 heavy (non-hydrogen) atoms. The number of aromatic nitrogens is 2. The normalized spacial score (nSPS) is 11.5. The summed E-state index contributed by atoms with van der Waals surface area (Å²) in [5.41, 5.74) is 3.73. The van der Waals surface area contributed by atoms with E-state index >= 15 is 0 Å². The third-order valence-electron chi connectivity index (χ3n) is 2.61. The van der Waals surface area contributed by atoms with Crippen molar-refractivity contribution in [2.45, 2.75) is 48.5 Å². The maximum absolute atomic E-state index is 4.31. The second-order valence-corrected chi connectivity index (χ2v) is 4.37. The van der Waals surface area contributed by atoms with Crippen LogP contribution in [0.15, 0.2) is 53.6 Å². The standard InChI is InChI=1S/C17H22N4.2C2H6/c1-5-8-15(13-18-7-3)21-12-14(4)11-17-16(6-2)19-9-10-20-17;2*1-2/h5-11,13,21H,2,12H2,1,3-4H3;2*1-2H3/b8-5-,14-11+,15-13+,18-7?;;. The number of aliphatic imine (C=N–C) groups is 1. The molecule has 0 amide bonds. The summed E-state index contributed by atoms with van der Waals surface area (Å²) in [6.45, 7) is 18.4. The maximum Gasteiger partial charge on any atom is 0.0886 e. The van der Waals surface area contributed by atoms with Crippen LogP contribution in [0, 0.1) is 0 Å². The van der Waals surface area contributed by atoms with E-state index in [4.69, 9.17) is 0 Å². The van der Waals surface area contributed by atoms with Gasteiger partial charge < -0.3 is 5.32 Å². The van der Waals surface area contributed by atoms with Gasteiger partial charge in [0.25, 0.3) is 0 Å². The Balaban J connectivity index is 0. The minimum Gasteiger partial charge on any atom is -0.380 e. The molecular weight excluding hydrogens is 308 g/mol. The van der Waals surface area contributed by atoms with Gasteiger partial charge in [0.15, 0.2) is 0 Å². The number of hydrogen-bond donors (Lipinski definition) is 1. The van der Waals surface area contributed by atoms with E-state index in [9.17, 15) is 0 Å². The van der Waals surface area contributed by atoms with Gasteiger partial charge in [-0.1, -0.05) is 45.9 Å². The van der Waals surface area contributed by atoms with Crippen molar-refractivity contribution in [1.29, 1.82) is 0 Å². The Bertz CT molecular complexity index is 581. The summed E-state index contributed by atoms with van der Waals surface area (Å²) in [6, 6.07) is 0. The summed E-state index contributed by atoms with van der Waals surface area (Å²) in [4.78, 5) is 12.7. The molecule has 0 aliphatic carbocycles. The van der Waals surface area contributed by atoms with Crippen molar-refractivity contribution >= 4 is 18.4 Å². The fraction of sp³-hybridized carbons (Fsp3) is 0.381. The molecule has 0 spiro atoms. The average Bonchev–Trinajstić information content (AvgIpc) is 2.67. The molecule has 1 N–H and O–H groups in total. The molecule has 1 aromatic heterocycles. The number of hydrogen-bond acceptors (Lipinski definition) is 4. The predicted molar refractivity (Wildman–Crippen MR) is 114 cm³/mol. The van der Waals surface area contributed by atoms with E-state index in [2.05, 4.69) is 26.9 Å². The highest BCUT2D eigenvalue weighted by Crippen LogP contribution is 2.08. The zero-order chi connectivity index (χ0) is 19.5. The van der Waals surface area contributed by atoms with Gasteiger partial charge in [-0.2, -0.15) is 0 Å². The smallest absolute Gasteiger partial charge is 0.0886 e. The fourth-order valence-corrected chi connectivity index (χ4v) is 1.64. The van der Waals surface area contributed by atoms with E-state index < -0.39 is 0 Å². The molecule has 0 aromatic carbocycles. The molecule has 138 valence electrons. The van der Waals surface area contributed by atoms with Crippen LogP contribution in [-0.4, -0.2) is 22.7 Å². The van der Waals surface area contributed by atoms with Gasteiger partial charge >= 0.3 is 0 Å². The lowest BCUT2D eigenvalue weighted by atomic mass is 10.2. The van der Waals surface area contributed by atoms with Crippen LogP contribution in [0.5, 0.6) is 0 Å². The van der Waals surface area contributed by atoms with Crippen molar-refractivity contribution in [3.63, 3.8) is 0 Å². The molecule has 0 unspecified atom stereocenters. The minimum atomic E-state index is 0.711. The second-order valence-electron chi connectivity index (χ2n) is 4.37. The SMILES string of the molecule is C=Cc1nccnc1/C=C(\C)CNC(/C=C\C)=C/N=CC.CC.CC. The summed E-state index contributed by atoms with van der Waals surface area (Å²) in [7, 11) is 0. The van der Waals surface area contributed by atoms with Crippen LogP contribution < -0.4 is 5.32 Å². The third-order valence-corrected chi connectivity index (χ3v) is 2.61. The largest absolute Gasteiger partial charge is 0.380 e. The highest BCUT2D eigenvalue weighted by atomic mass is 14.9. The summed E-state index contributed by atoms with van der Waals surface area (Å²) >= 11 is 0. The van der Waals surface area contributed by atoms with E-state index in [0.717, 1.165) is 22.7 Å².